The molecule has 0 fully saturated rings. The first kappa shape index (κ1) is 39.4. The molecule has 1 aliphatic heterocycles. The van der Waals surface area contributed by atoms with Crippen molar-refractivity contribution >= 4 is 85.5 Å². The minimum absolute atomic E-state index is 0.190. The minimum Gasteiger partial charge on any atom is -0.426 e. The zero-order valence-corrected chi connectivity index (χ0v) is 31.8. The van der Waals surface area contributed by atoms with Crippen LogP contribution in [0.1, 0.15) is 59.1 Å². The summed E-state index contributed by atoms with van der Waals surface area (Å²) in [6.07, 6.45) is 5.75. The average Bonchev–Trinajstić information content (AvgIpc) is 3.93. The number of unbranched alkanes of at least 4 members (excludes halogenated alkanes) is 2. The van der Waals surface area contributed by atoms with E-state index in [0.717, 1.165) is 33.7 Å². The molecule has 288 valence electrons. The summed E-state index contributed by atoms with van der Waals surface area (Å²) in [7, 11) is 1.66. The van der Waals surface area contributed by atoms with Crippen LogP contribution in [0.25, 0.3) is 32.6 Å². The lowest BCUT2D eigenvalue weighted by Gasteiger charge is -2.19. The number of carbonyl (C=O) groups is 5. The number of likely N-dealkylation sites (N-methyl/N-ethyl adjacent to an activating group) is 1. The van der Waals surface area contributed by atoms with Crippen LogP contribution in [0.4, 0.5) is 15.8 Å². The van der Waals surface area contributed by atoms with E-state index >= 15 is 0 Å². The second-order valence-corrected chi connectivity index (χ2v) is 13.8. The zero-order chi connectivity index (χ0) is 39.8. The van der Waals surface area contributed by atoms with E-state index in [1.165, 1.54) is 23.1 Å². The summed E-state index contributed by atoms with van der Waals surface area (Å²) in [5.41, 5.74) is 4.23. The second kappa shape index (κ2) is 17.9. The predicted octanol–water partition coefficient (Wildman–Crippen LogP) is 8.32. The van der Waals surface area contributed by atoms with E-state index in [0.29, 0.717) is 90.0 Å². The van der Waals surface area contributed by atoms with E-state index in [4.69, 9.17) is 16.3 Å². The molecule has 7 rings (SSSR count). The molecule has 0 atom stereocenters. The van der Waals surface area contributed by atoms with Crippen LogP contribution in [0.3, 0.4) is 0 Å². The van der Waals surface area contributed by atoms with Crippen molar-refractivity contribution < 1.29 is 33.1 Å². The topological polar surface area (TPSA) is 145 Å². The van der Waals surface area contributed by atoms with Crippen molar-refractivity contribution in [2.45, 2.75) is 39.0 Å². The van der Waals surface area contributed by atoms with Crippen molar-refractivity contribution in [1.82, 2.24) is 14.9 Å². The van der Waals surface area contributed by atoms with E-state index in [-0.39, 0.29) is 35.9 Å². The van der Waals surface area contributed by atoms with Gasteiger partial charge in [-0.1, -0.05) is 37.6 Å². The van der Waals surface area contributed by atoms with Crippen LogP contribution >= 0.6 is 11.6 Å². The summed E-state index contributed by atoms with van der Waals surface area (Å²) >= 11 is 5.00. The number of fused-ring (bicyclic) bond motifs is 5. The number of alkyl halides is 1. The van der Waals surface area contributed by atoms with E-state index in [9.17, 15) is 28.4 Å². The molecule has 4 aromatic carbocycles. The SMILES string of the molecule is CCCl.CN(CCCCCC(=O)Oc1cc2c(c3ccccc13)CCN2C(=O)c1cc2cc(NC(=O)c3cc4cc(F)ccc4[nH]3)ccc2[nH]1)C(=O)/C=C\C=O. The Morgan fingerprint density at radius 3 is 2.38 bits per heavy atom. The molecule has 0 unspecified atom stereocenters. The molecular weight excluding hydrogens is 737 g/mol. The number of aromatic amines is 2. The van der Waals surface area contributed by atoms with Gasteiger partial charge in [-0.05, 0) is 84.8 Å². The maximum atomic E-state index is 14.0. The van der Waals surface area contributed by atoms with Crippen LogP contribution in [-0.2, 0) is 20.8 Å². The summed E-state index contributed by atoms with van der Waals surface area (Å²) in [5.74, 6) is -0.547. The minimum atomic E-state index is -0.388. The lowest BCUT2D eigenvalue weighted by Crippen LogP contribution is -2.29. The molecular formula is C43H41ClFN5O6. The van der Waals surface area contributed by atoms with Crippen LogP contribution < -0.4 is 15.0 Å². The fourth-order valence-electron chi connectivity index (χ4n) is 6.75. The fraction of sp³-hybridized carbons (Fsp3) is 0.233. The molecule has 6 aromatic rings. The number of nitrogens with one attached hydrogen (secondary N) is 3. The molecule has 3 N–H and O–H groups in total. The number of hydrogen-bond donors (Lipinski definition) is 3. The number of ether oxygens (including phenoxy) is 1. The number of aldehydes is 1. The molecule has 13 heteroatoms. The number of aromatic nitrogens is 2. The van der Waals surface area contributed by atoms with Gasteiger partial charge in [0.15, 0.2) is 0 Å². The highest BCUT2D eigenvalue weighted by Crippen LogP contribution is 2.41. The Balaban J connectivity index is 0.00000172. The van der Waals surface area contributed by atoms with Crippen molar-refractivity contribution in [3.05, 3.63) is 114 Å². The first-order chi connectivity index (χ1) is 27.1. The van der Waals surface area contributed by atoms with Gasteiger partial charge in [0.25, 0.3) is 11.8 Å². The van der Waals surface area contributed by atoms with Crippen LogP contribution in [0.5, 0.6) is 5.75 Å². The summed E-state index contributed by atoms with van der Waals surface area (Å²) in [6, 6.07) is 22.3. The van der Waals surface area contributed by atoms with Crippen molar-refractivity contribution in [3.63, 3.8) is 0 Å². The molecule has 0 bridgehead atoms. The second-order valence-electron chi connectivity index (χ2n) is 13.3. The highest BCUT2D eigenvalue weighted by atomic mass is 35.5. The van der Waals surface area contributed by atoms with Crippen molar-refractivity contribution in [2.24, 2.45) is 0 Å². The van der Waals surface area contributed by atoms with Crippen LogP contribution in [0.2, 0.25) is 0 Å². The normalized spacial score (nSPS) is 12.1. The summed E-state index contributed by atoms with van der Waals surface area (Å²) in [4.78, 5) is 71.8. The molecule has 2 aromatic heterocycles. The number of hydrogen-bond acceptors (Lipinski definition) is 6. The number of rotatable bonds is 12. The third-order valence-corrected chi connectivity index (χ3v) is 9.44. The van der Waals surface area contributed by atoms with E-state index < -0.39 is 0 Å². The van der Waals surface area contributed by atoms with Gasteiger partial charge in [-0.15, -0.1) is 11.6 Å². The quantitative estimate of drug-likeness (QED) is 0.0285. The summed E-state index contributed by atoms with van der Waals surface area (Å²) < 4.78 is 19.5. The number of amides is 3. The van der Waals surface area contributed by atoms with Crippen molar-refractivity contribution in [1.29, 1.82) is 0 Å². The van der Waals surface area contributed by atoms with Crippen molar-refractivity contribution in [3.8, 4) is 5.75 Å². The fourth-order valence-corrected chi connectivity index (χ4v) is 6.75. The predicted molar refractivity (Wildman–Crippen MR) is 217 cm³/mol. The molecule has 3 amide bonds. The zero-order valence-electron chi connectivity index (χ0n) is 31.0. The highest BCUT2D eigenvalue weighted by Gasteiger charge is 2.30. The Kier molecular flexibility index (Phi) is 12.6. The number of carbonyl (C=O) groups excluding carboxylic acids is 5. The number of esters is 1. The Morgan fingerprint density at radius 2 is 1.61 bits per heavy atom. The van der Waals surface area contributed by atoms with Gasteiger partial charge in [-0.2, -0.15) is 0 Å². The number of benzene rings is 4. The molecule has 56 heavy (non-hydrogen) atoms. The molecule has 0 saturated carbocycles. The number of anilines is 2. The summed E-state index contributed by atoms with van der Waals surface area (Å²) in [6.45, 7) is 2.84. The van der Waals surface area contributed by atoms with Crippen LogP contribution in [0, 0.1) is 5.82 Å². The van der Waals surface area contributed by atoms with Gasteiger partial charge >= 0.3 is 5.97 Å². The van der Waals surface area contributed by atoms with E-state index in [1.807, 2.05) is 31.2 Å². The van der Waals surface area contributed by atoms with E-state index in [1.54, 1.807) is 54.4 Å². The molecule has 1 aliphatic rings. The Bertz CT molecular complexity index is 2470. The molecule has 0 spiro atoms. The Morgan fingerprint density at radius 1 is 0.911 bits per heavy atom. The maximum absolute atomic E-state index is 14.0. The van der Waals surface area contributed by atoms with Crippen LogP contribution in [-0.4, -0.2) is 70.9 Å². The van der Waals surface area contributed by atoms with Gasteiger partial charge in [0, 0.05) is 77.5 Å². The molecule has 0 saturated heterocycles. The number of halogens is 2. The largest absolute Gasteiger partial charge is 0.426 e. The number of nitrogens with zero attached hydrogens (tertiary/aromatic N) is 2. The third kappa shape index (κ3) is 8.98. The average molecular weight is 778 g/mol. The van der Waals surface area contributed by atoms with Crippen molar-refractivity contribution in [2.75, 3.05) is 36.2 Å². The molecule has 11 nitrogen and oxygen atoms in total. The van der Waals surface area contributed by atoms with Gasteiger partial charge < -0.3 is 29.8 Å². The maximum Gasteiger partial charge on any atom is 0.311 e. The third-order valence-electron chi connectivity index (χ3n) is 9.44. The van der Waals surface area contributed by atoms with Gasteiger partial charge in [-0.25, -0.2) is 4.39 Å². The first-order valence-electron chi connectivity index (χ1n) is 18.3. The Hall–Kier alpha value is -6.27. The molecule has 3 heterocycles. The Labute approximate surface area is 327 Å². The number of H-pyrrole nitrogens is 2. The van der Waals surface area contributed by atoms with Gasteiger partial charge in [0.2, 0.25) is 5.91 Å². The lowest BCUT2D eigenvalue weighted by atomic mass is 10.0. The molecule has 0 aliphatic carbocycles. The standard InChI is InChI=1S/C41H36FN5O6.C2H5Cl/c1-46(38(49)10-7-19-48)17-6-2-3-11-39(50)53-37-24-36-30(29-8-4-5-9-31(29)37)16-18-47(36)41(52)35-23-26-21-28(13-15-33(26)45-35)43-40(51)34-22-25-20-27(42)12-14-32(25)44-34;1-2-3/h4-5,7-10,12-15,19-24,44-45H,2-3,6,11,16-18H2,1H3,(H,43,51);2H2,1H3/b10-7-;. The lowest BCUT2D eigenvalue weighted by molar-refractivity contribution is -0.134. The highest BCUT2D eigenvalue weighted by molar-refractivity contribution is 6.17. The van der Waals surface area contributed by atoms with Crippen LogP contribution in [0.15, 0.2) is 91.0 Å². The number of allylic oxidation sites excluding steroid dienone is 1. The first-order valence-corrected chi connectivity index (χ1v) is 18.9. The van der Waals surface area contributed by atoms with E-state index in [2.05, 4.69) is 15.3 Å². The smallest absolute Gasteiger partial charge is 0.311 e. The van der Waals surface area contributed by atoms with Gasteiger partial charge in [0.1, 0.15) is 29.2 Å². The molecule has 0 radical (unpaired) electrons. The monoisotopic (exact) mass is 777 g/mol. The van der Waals surface area contributed by atoms with Gasteiger partial charge in [-0.3, -0.25) is 24.0 Å². The summed E-state index contributed by atoms with van der Waals surface area (Å²) in [5, 5.41) is 5.89. The van der Waals surface area contributed by atoms with Gasteiger partial charge in [0.05, 0.1) is 5.69 Å².